The van der Waals surface area contributed by atoms with Gasteiger partial charge in [-0.05, 0) is 68.1 Å². The van der Waals surface area contributed by atoms with Gasteiger partial charge in [-0.1, -0.05) is 43.3 Å². The van der Waals surface area contributed by atoms with Crippen LogP contribution >= 0.6 is 22.9 Å². The van der Waals surface area contributed by atoms with Crippen LogP contribution in [0.2, 0.25) is 5.02 Å². The highest BCUT2D eigenvalue weighted by molar-refractivity contribution is 7.15. The predicted molar refractivity (Wildman–Crippen MR) is 139 cm³/mol. The predicted octanol–water partition coefficient (Wildman–Crippen LogP) is 4.72. The van der Waals surface area contributed by atoms with Crippen LogP contribution in [0.4, 0.5) is 0 Å². The lowest BCUT2D eigenvalue weighted by Gasteiger charge is -2.21. The molecule has 7 rings (SSSR count). The standard InChI is InChI=1S/C27H28ClN5OS/c1-13-10-20(13)29-24(34)14(2)16-11-18-21(12-16)35-25-22(18)23(17-6-4-5-7-19(17)28)30-27(8-9-27)26-32-31-15(3)33(25)26/h4-7,13,16,20,24,29,34H,2,8-12H2,1,3H3/t13-,16-,20-,24?/m0/s1. The molecule has 6 nitrogen and oxygen atoms in total. The number of rotatable bonds is 5. The number of benzene rings is 1. The maximum absolute atomic E-state index is 10.8. The number of thiophene rings is 1. The summed E-state index contributed by atoms with van der Waals surface area (Å²) < 4.78 is 2.23. The van der Waals surface area contributed by atoms with Gasteiger partial charge in [0.15, 0.2) is 5.82 Å². The molecule has 2 fully saturated rings. The fourth-order valence-electron chi connectivity index (χ4n) is 5.70. The molecule has 1 unspecified atom stereocenters. The molecule has 0 saturated heterocycles. The Kier molecular flexibility index (Phi) is 4.75. The number of aliphatic imine (C=N–C) groups is 1. The highest BCUT2D eigenvalue weighted by Gasteiger charge is 2.52. The first-order chi connectivity index (χ1) is 16.9. The molecule has 2 aromatic heterocycles. The SMILES string of the molecule is C=C(C(O)N[C@H]1C[C@@H]1C)[C@@H]1Cc2sc3c(c2C1)C(c1ccccc1Cl)=NC1(CC1)c1nnc(C)n1-3. The van der Waals surface area contributed by atoms with E-state index in [-0.39, 0.29) is 11.5 Å². The van der Waals surface area contributed by atoms with E-state index in [1.807, 2.05) is 36.5 Å². The smallest absolute Gasteiger partial charge is 0.166 e. The third kappa shape index (κ3) is 3.32. The van der Waals surface area contributed by atoms with Gasteiger partial charge in [0.25, 0.3) is 0 Å². The van der Waals surface area contributed by atoms with Crippen molar-refractivity contribution in [2.75, 3.05) is 0 Å². The van der Waals surface area contributed by atoms with Crippen molar-refractivity contribution < 1.29 is 5.11 Å². The van der Waals surface area contributed by atoms with Gasteiger partial charge in [-0.2, -0.15) is 0 Å². The van der Waals surface area contributed by atoms with Gasteiger partial charge >= 0.3 is 0 Å². The second-order valence-corrected chi connectivity index (χ2v) is 12.1. The third-order valence-electron chi connectivity index (χ3n) is 8.17. The number of halogens is 1. The summed E-state index contributed by atoms with van der Waals surface area (Å²) in [5.74, 6) is 2.66. The Morgan fingerprint density at radius 2 is 2.06 bits per heavy atom. The summed E-state index contributed by atoms with van der Waals surface area (Å²) in [6.45, 7) is 8.55. The second-order valence-electron chi connectivity index (χ2n) is 10.6. The molecule has 3 aliphatic carbocycles. The van der Waals surface area contributed by atoms with Crippen LogP contribution in [0.25, 0.3) is 5.00 Å². The normalized spacial score (nSPS) is 25.9. The molecular weight excluding hydrogens is 478 g/mol. The van der Waals surface area contributed by atoms with Crippen molar-refractivity contribution in [3.63, 3.8) is 0 Å². The third-order valence-corrected chi connectivity index (χ3v) is 9.74. The Morgan fingerprint density at radius 1 is 1.29 bits per heavy atom. The Labute approximate surface area is 213 Å². The number of hydrogen-bond acceptors (Lipinski definition) is 6. The molecule has 2 N–H and O–H groups in total. The first-order valence-corrected chi connectivity index (χ1v) is 13.6. The van der Waals surface area contributed by atoms with Crippen molar-refractivity contribution in [3.05, 3.63) is 74.7 Å². The van der Waals surface area contributed by atoms with E-state index >= 15 is 0 Å². The average Bonchev–Trinajstić information content (AvgIpc) is 3.61. The Bertz CT molecular complexity index is 1420. The fourth-order valence-corrected chi connectivity index (χ4v) is 7.38. The van der Waals surface area contributed by atoms with Gasteiger partial charge in [0.2, 0.25) is 0 Å². The number of aliphatic hydroxyl groups is 1. The van der Waals surface area contributed by atoms with Gasteiger partial charge < -0.3 is 5.11 Å². The Morgan fingerprint density at radius 3 is 2.77 bits per heavy atom. The highest BCUT2D eigenvalue weighted by Crippen LogP contribution is 2.54. The molecule has 1 spiro atoms. The van der Waals surface area contributed by atoms with Crippen molar-refractivity contribution in [1.82, 2.24) is 20.1 Å². The van der Waals surface area contributed by atoms with Crippen LogP contribution in [0.15, 0.2) is 41.4 Å². The van der Waals surface area contributed by atoms with E-state index in [9.17, 15) is 5.11 Å². The summed E-state index contributed by atoms with van der Waals surface area (Å²) in [5.41, 5.74) is 4.93. The monoisotopic (exact) mass is 505 g/mol. The number of aliphatic hydroxyl groups excluding tert-OH is 1. The molecule has 1 aromatic carbocycles. The molecule has 1 aliphatic heterocycles. The van der Waals surface area contributed by atoms with Crippen LogP contribution in [0.5, 0.6) is 0 Å². The van der Waals surface area contributed by atoms with Crippen molar-refractivity contribution >= 4 is 28.6 Å². The molecule has 0 amide bonds. The molecule has 35 heavy (non-hydrogen) atoms. The molecule has 3 aromatic rings. The van der Waals surface area contributed by atoms with Crippen LogP contribution in [0.1, 0.15) is 59.4 Å². The molecule has 8 heteroatoms. The van der Waals surface area contributed by atoms with Crippen molar-refractivity contribution in [2.45, 2.75) is 63.8 Å². The second kappa shape index (κ2) is 7.59. The summed E-state index contributed by atoms with van der Waals surface area (Å²) in [6.07, 6.45) is 4.10. The minimum Gasteiger partial charge on any atom is -0.375 e. The number of hydrogen-bond donors (Lipinski definition) is 2. The van der Waals surface area contributed by atoms with Gasteiger partial charge in [-0.15, -0.1) is 21.5 Å². The van der Waals surface area contributed by atoms with Crippen molar-refractivity contribution in [1.29, 1.82) is 0 Å². The molecule has 4 atom stereocenters. The first kappa shape index (κ1) is 21.9. The molecule has 0 radical (unpaired) electrons. The molecule has 4 aliphatic rings. The zero-order valence-corrected chi connectivity index (χ0v) is 21.5. The molecular formula is C27H28ClN5OS. The van der Waals surface area contributed by atoms with E-state index in [0.29, 0.717) is 17.0 Å². The topological polar surface area (TPSA) is 75.3 Å². The molecule has 2 saturated carbocycles. The largest absolute Gasteiger partial charge is 0.375 e. The zero-order chi connectivity index (χ0) is 24.1. The molecule has 180 valence electrons. The van der Waals surface area contributed by atoms with Crippen LogP contribution in [0, 0.1) is 18.8 Å². The molecule has 0 bridgehead atoms. The minimum atomic E-state index is -0.666. The fraction of sp³-hybridized carbons (Fsp3) is 0.444. The van der Waals surface area contributed by atoms with Gasteiger partial charge in [-0.25, -0.2) is 0 Å². The highest BCUT2D eigenvalue weighted by atomic mass is 35.5. The summed E-state index contributed by atoms with van der Waals surface area (Å²) in [7, 11) is 0. The van der Waals surface area contributed by atoms with Gasteiger partial charge in [0.1, 0.15) is 22.6 Å². The summed E-state index contributed by atoms with van der Waals surface area (Å²) in [6, 6.07) is 8.39. The Hall–Kier alpha value is -2.32. The van der Waals surface area contributed by atoms with E-state index in [1.165, 1.54) is 10.4 Å². The number of aryl methyl sites for hydroxylation is 1. The van der Waals surface area contributed by atoms with E-state index in [1.54, 1.807) is 0 Å². The van der Waals surface area contributed by atoms with Crippen LogP contribution < -0.4 is 5.32 Å². The first-order valence-electron chi connectivity index (χ1n) is 12.4. The van der Waals surface area contributed by atoms with Crippen LogP contribution in [-0.4, -0.2) is 37.9 Å². The van der Waals surface area contributed by atoms with E-state index in [2.05, 4.69) is 39.7 Å². The van der Waals surface area contributed by atoms with E-state index in [0.717, 1.165) is 71.2 Å². The lowest BCUT2D eigenvalue weighted by Crippen LogP contribution is -2.35. The number of aromatic nitrogens is 3. The van der Waals surface area contributed by atoms with Crippen LogP contribution in [0.3, 0.4) is 0 Å². The average molecular weight is 506 g/mol. The van der Waals surface area contributed by atoms with E-state index in [4.69, 9.17) is 16.6 Å². The van der Waals surface area contributed by atoms with Crippen molar-refractivity contribution in [2.24, 2.45) is 16.8 Å². The minimum absolute atomic E-state index is 0.199. The summed E-state index contributed by atoms with van der Waals surface area (Å²) >= 11 is 8.55. The summed E-state index contributed by atoms with van der Waals surface area (Å²) in [4.78, 5) is 6.72. The lowest BCUT2D eigenvalue weighted by atomic mass is 9.93. The number of nitrogens with zero attached hydrogens (tertiary/aromatic N) is 4. The van der Waals surface area contributed by atoms with E-state index < -0.39 is 6.23 Å². The number of nitrogens with one attached hydrogen (secondary N) is 1. The van der Waals surface area contributed by atoms with Gasteiger partial charge in [0, 0.05) is 27.1 Å². The Balaban J connectivity index is 1.34. The zero-order valence-electron chi connectivity index (χ0n) is 19.9. The number of fused-ring (bicyclic) bond motifs is 6. The maximum Gasteiger partial charge on any atom is 0.166 e. The quantitative estimate of drug-likeness (QED) is 0.388. The lowest BCUT2D eigenvalue weighted by molar-refractivity contribution is 0.157. The maximum atomic E-state index is 10.8. The van der Waals surface area contributed by atoms with Gasteiger partial charge in [0.05, 0.1) is 5.71 Å². The molecule has 3 heterocycles. The van der Waals surface area contributed by atoms with Crippen molar-refractivity contribution in [3.8, 4) is 5.00 Å². The van der Waals surface area contributed by atoms with Crippen LogP contribution in [-0.2, 0) is 18.4 Å². The summed E-state index contributed by atoms with van der Waals surface area (Å²) in [5, 5.41) is 25.1. The van der Waals surface area contributed by atoms with Gasteiger partial charge in [-0.3, -0.25) is 14.9 Å².